The molecule has 2 aliphatic rings. The van der Waals surface area contributed by atoms with E-state index in [2.05, 4.69) is 40.1 Å². The van der Waals surface area contributed by atoms with Gasteiger partial charge in [-0.2, -0.15) is 4.98 Å². The van der Waals surface area contributed by atoms with Crippen molar-refractivity contribution in [2.75, 3.05) is 17.6 Å². The third kappa shape index (κ3) is 8.83. The number of alkyl halides is 1. The number of aliphatic hydroxyl groups is 2. The molecule has 1 aromatic carbocycles. The molecule has 0 bridgehead atoms. The van der Waals surface area contributed by atoms with Gasteiger partial charge in [0.1, 0.15) is 6.23 Å². The second-order valence-corrected chi connectivity index (χ2v) is 14.8. The number of carbonyl (C=O) groups is 1. The molecule has 5 heterocycles. The van der Waals surface area contributed by atoms with E-state index in [4.69, 9.17) is 22.8 Å². The van der Waals surface area contributed by atoms with Crippen LogP contribution in [0, 0.1) is 17.8 Å². The van der Waals surface area contributed by atoms with E-state index < -0.39 is 75.5 Å². The Labute approximate surface area is 329 Å². The molecule has 0 radical (unpaired) electrons. The number of hydrogen-bond acceptors (Lipinski definition) is 15. The first-order valence-corrected chi connectivity index (χ1v) is 19.6. The Morgan fingerprint density at radius 1 is 0.964 bits per heavy atom. The Hall–Kier alpha value is -5.42. The summed E-state index contributed by atoms with van der Waals surface area (Å²) in [6.45, 7) is 6.90. The van der Waals surface area contributed by atoms with E-state index in [1.165, 1.54) is 34.2 Å². The number of nitrogens with zero attached hydrogens (tertiary/aromatic N) is 13. The van der Waals surface area contributed by atoms with Crippen LogP contribution in [0.1, 0.15) is 56.9 Å². The summed E-state index contributed by atoms with van der Waals surface area (Å²) >= 11 is -0.948. The van der Waals surface area contributed by atoms with E-state index in [1.54, 1.807) is 50.4 Å². The summed E-state index contributed by atoms with van der Waals surface area (Å²) in [4.78, 5) is 54.3. The topological polar surface area (TPSA) is 292 Å². The van der Waals surface area contributed by atoms with Crippen LogP contribution in [0.25, 0.3) is 26.7 Å². The number of ether oxygens (including phenoxy) is 3. The summed E-state index contributed by atoms with van der Waals surface area (Å²) in [5, 5.41) is 30.9. The summed E-state index contributed by atoms with van der Waals surface area (Å²) in [7, 11) is 0. The summed E-state index contributed by atoms with van der Waals surface area (Å²) in [5.74, 6) is -0.795. The molecule has 2 saturated heterocycles. The Morgan fingerprint density at radius 2 is 1.61 bits per heavy atom. The SMILES string of the molecule is CC1C(n2ccc(-n3cncn3)nc2=O)OC(CC[I-]OC(=O)c2ccccc2)(N=[N+]=[N-])C1C.CCOc1ccn(C2OC(CO)(N=[N+]=[N-])C(O)C2C)c(=O)n1. The van der Waals surface area contributed by atoms with E-state index in [1.807, 2.05) is 19.9 Å². The van der Waals surface area contributed by atoms with Crippen molar-refractivity contribution in [2.45, 2.75) is 64.1 Å². The van der Waals surface area contributed by atoms with Crippen LogP contribution in [0.15, 0.2) is 87.3 Å². The molecule has 0 amide bonds. The molecule has 0 saturated carbocycles. The van der Waals surface area contributed by atoms with Crippen LogP contribution in [0.5, 0.6) is 5.88 Å². The summed E-state index contributed by atoms with van der Waals surface area (Å²) in [6, 6.07) is 11.9. The van der Waals surface area contributed by atoms with Crippen LogP contribution in [0.4, 0.5) is 0 Å². The van der Waals surface area contributed by atoms with Crippen molar-refractivity contribution in [3.05, 3.63) is 115 Å². The minimum atomic E-state index is -1.82. The van der Waals surface area contributed by atoms with Gasteiger partial charge in [-0.05, 0) is 12.5 Å². The molecular weight excluding hydrogens is 849 g/mol. The molecule has 8 atom stereocenters. The molecule has 2 aliphatic heterocycles. The standard InChI is InChI=1S/C21H22IN8O4.C12H17N5O5/c1-14-15(2)21(27-28-23,9-10-22-34-19(31)16-6-4-3-5-7-16)33-18(14)29-11-8-17(26-20(29)32)30-13-24-12-25-30;1-3-21-8-4-5-17(11(20)14-8)10-7(2)9(19)12(6-18,22-10)15-16-13/h3-8,11-15,18H,9-10H2,1-2H3;4-5,7,9-10,18-19H,3,6H2,1-2H3/q-1;. The number of aromatic nitrogens is 7. The van der Waals surface area contributed by atoms with Gasteiger partial charge in [0.05, 0.1) is 19.3 Å². The third-order valence-electron chi connectivity index (χ3n) is 9.44. The van der Waals surface area contributed by atoms with E-state index in [9.17, 15) is 30.1 Å². The van der Waals surface area contributed by atoms with Gasteiger partial charge >= 0.3 is 211 Å². The van der Waals surface area contributed by atoms with Gasteiger partial charge in [0.15, 0.2) is 5.72 Å². The van der Waals surface area contributed by atoms with Crippen molar-refractivity contribution >= 4 is 5.97 Å². The Bertz CT molecular complexity index is 2180. The first kappa shape index (κ1) is 41.7. The van der Waals surface area contributed by atoms with E-state index in [0.29, 0.717) is 28.8 Å². The van der Waals surface area contributed by atoms with E-state index in [0.717, 1.165) is 4.57 Å². The maximum atomic E-state index is 12.8. The molecule has 23 heteroatoms. The maximum absolute atomic E-state index is 12.8. The minimum Gasteiger partial charge on any atom is -0.478 e. The largest absolute Gasteiger partial charge is 0.478 e. The molecule has 4 aromatic rings. The van der Waals surface area contributed by atoms with Crippen molar-refractivity contribution in [1.29, 1.82) is 0 Å². The fraction of sp³-hybridized carbons (Fsp3) is 0.485. The number of azide groups is 2. The second kappa shape index (κ2) is 18.5. The molecular formula is C33H39IN13O9-. The summed E-state index contributed by atoms with van der Waals surface area (Å²) in [6.07, 6.45) is 3.30. The zero-order valence-electron chi connectivity index (χ0n) is 30.6. The van der Waals surface area contributed by atoms with Gasteiger partial charge in [0, 0.05) is 23.1 Å². The van der Waals surface area contributed by atoms with Crippen molar-refractivity contribution in [3.63, 3.8) is 0 Å². The van der Waals surface area contributed by atoms with Crippen molar-refractivity contribution < 1.29 is 53.9 Å². The molecule has 298 valence electrons. The molecule has 3 aromatic heterocycles. The van der Waals surface area contributed by atoms with Crippen molar-refractivity contribution in [1.82, 2.24) is 33.9 Å². The number of aliphatic hydroxyl groups excluding tert-OH is 2. The molecule has 2 N–H and O–H groups in total. The van der Waals surface area contributed by atoms with E-state index in [-0.39, 0.29) is 23.7 Å². The monoisotopic (exact) mass is 888 g/mol. The van der Waals surface area contributed by atoms with Gasteiger partial charge in [-0.3, -0.25) is 4.57 Å². The maximum Gasteiger partial charge on any atom is 0.352 e. The number of carbonyl (C=O) groups excluding carboxylic acids is 1. The number of hydrogen-bond donors (Lipinski definition) is 2. The van der Waals surface area contributed by atoms with Gasteiger partial charge in [-0.25, -0.2) is 4.79 Å². The molecule has 2 fully saturated rings. The van der Waals surface area contributed by atoms with Gasteiger partial charge in [-0.1, -0.05) is 12.0 Å². The van der Waals surface area contributed by atoms with Gasteiger partial charge in [0.25, 0.3) is 0 Å². The molecule has 56 heavy (non-hydrogen) atoms. The van der Waals surface area contributed by atoms with Crippen LogP contribution in [0.3, 0.4) is 0 Å². The van der Waals surface area contributed by atoms with Gasteiger partial charge in [0.2, 0.25) is 5.88 Å². The molecule has 0 spiro atoms. The zero-order valence-corrected chi connectivity index (χ0v) is 32.7. The Morgan fingerprint density at radius 3 is 2.21 bits per heavy atom. The fourth-order valence-corrected chi connectivity index (χ4v) is 8.00. The minimum absolute atomic E-state index is 0.146. The molecule has 6 rings (SSSR count). The van der Waals surface area contributed by atoms with Crippen LogP contribution >= 0.6 is 0 Å². The fourth-order valence-electron chi connectivity index (χ4n) is 6.25. The number of benzene rings is 1. The third-order valence-corrected chi connectivity index (χ3v) is 11.1. The smallest absolute Gasteiger partial charge is 0.352 e. The summed E-state index contributed by atoms with van der Waals surface area (Å²) in [5.41, 5.74) is 14.2. The second-order valence-electron chi connectivity index (χ2n) is 12.7. The first-order chi connectivity index (χ1) is 26.9. The van der Waals surface area contributed by atoms with Crippen LogP contribution in [-0.4, -0.2) is 85.2 Å². The predicted octanol–water partition coefficient (Wildman–Crippen LogP) is 0.0494. The number of rotatable bonds is 13. The van der Waals surface area contributed by atoms with Crippen LogP contribution < -0.4 is 37.7 Å². The Balaban J connectivity index is 0.000000236. The molecule has 8 unspecified atom stereocenters. The van der Waals surface area contributed by atoms with Gasteiger partial charge in [-0.15, -0.1) is 0 Å². The van der Waals surface area contributed by atoms with Crippen molar-refractivity contribution in [3.8, 4) is 11.7 Å². The van der Waals surface area contributed by atoms with Crippen molar-refractivity contribution in [2.24, 2.45) is 28.0 Å². The van der Waals surface area contributed by atoms with Gasteiger partial charge < -0.3 is 19.7 Å². The van der Waals surface area contributed by atoms with E-state index >= 15 is 0 Å². The van der Waals surface area contributed by atoms with Crippen LogP contribution in [0.2, 0.25) is 0 Å². The normalized spacial score (nSPS) is 26.7. The molecule has 0 aliphatic carbocycles. The predicted molar refractivity (Wildman–Crippen MR) is 189 cm³/mol. The first-order valence-electron chi connectivity index (χ1n) is 17.2. The summed E-state index contributed by atoms with van der Waals surface area (Å²) < 4.78 is 26.8. The van der Waals surface area contributed by atoms with Crippen LogP contribution in [-0.2, 0) is 12.5 Å². The zero-order chi connectivity index (χ0) is 40.5. The molecule has 22 nitrogen and oxygen atoms in total. The average molecular weight is 889 g/mol. The number of halogens is 1. The average Bonchev–Trinajstić information content (AvgIpc) is 3.89. The quantitative estimate of drug-likeness (QED) is 0.0449. The Kier molecular flexibility index (Phi) is 13.8.